The van der Waals surface area contributed by atoms with E-state index in [2.05, 4.69) is 15.0 Å². The minimum Gasteiger partial charge on any atom is -0.496 e. The molecule has 162 valence electrons. The zero-order chi connectivity index (χ0) is 22.7. The van der Waals surface area contributed by atoms with Crippen LogP contribution in [-0.4, -0.2) is 28.0 Å². The van der Waals surface area contributed by atoms with Gasteiger partial charge in [-0.1, -0.05) is 44.2 Å². The number of rotatable bonds is 6. The fourth-order valence-electron chi connectivity index (χ4n) is 3.73. The van der Waals surface area contributed by atoms with Crippen molar-refractivity contribution >= 4 is 22.4 Å². The fraction of sp³-hybridized carbons (Fsp3) is 0.231. The highest BCUT2D eigenvalue weighted by atomic mass is 16.5. The SMILES string of the molecule is COc1ccccc1CN(C(=O)c1cnc(C(C)C)nc1C)c1cccc2cnccc12. The summed E-state index contributed by atoms with van der Waals surface area (Å²) in [6.45, 7) is 6.27. The van der Waals surface area contributed by atoms with Gasteiger partial charge in [0.2, 0.25) is 0 Å². The van der Waals surface area contributed by atoms with E-state index in [4.69, 9.17) is 4.74 Å². The number of methoxy groups -OCH3 is 1. The molecule has 4 rings (SSSR count). The van der Waals surface area contributed by atoms with Crippen LogP contribution >= 0.6 is 0 Å². The van der Waals surface area contributed by atoms with E-state index in [0.717, 1.165) is 33.6 Å². The lowest BCUT2D eigenvalue weighted by Gasteiger charge is -2.26. The Morgan fingerprint density at radius 1 is 1.06 bits per heavy atom. The third-order valence-corrected chi connectivity index (χ3v) is 5.46. The van der Waals surface area contributed by atoms with Gasteiger partial charge in [-0.3, -0.25) is 9.78 Å². The van der Waals surface area contributed by atoms with Gasteiger partial charge in [0.25, 0.3) is 5.91 Å². The maximum atomic E-state index is 13.9. The average molecular weight is 427 g/mol. The quantitative estimate of drug-likeness (QED) is 0.418. The van der Waals surface area contributed by atoms with Crippen LogP contribution in [0.25, 0.3) is 10.8 Å². The first-order valence-corrected chi connectivity index (χ1v) is 10.6. The summed E-state index contributed by atoms with van der Waals surface area (Å²) in [5.41, 5.74) is 2.86. The van der Waals surface area contributed by atoms with Crippen molar-refractivity contribution in [1.29, 1.82) is 0 Å². The number of carbonyl (C=O) groups excluding carboxylic acids is 1. The molecule has 32 heavy (non-hydrogen) atoms. The van der Waals surface area contributed by atoms with Gasteiger partial charge in [-0.25, -0.2) is 9.97 Å². The van der Waals surface area contributed by atoms with E-state index in [1.807, 2.05) is 69.3 Å². The van der Waals surface area contributed by atoms with Crippen molar-refractivity contribution in [3.63, 3.8) is 0 Å². The first-order chi connectivity index (χ1) is 15.5. The Kier molecular flexibility index (Phi) is 6.12. The lowest BCUT2D eigenvalue weighted by atomic mass is 10.1. The number of amides is 1. The molecule has 6 heteroatoms. The third kappa shape index (κ3) is 4.17. The average Bonchev–Trinajstić information content (AvgIpc) is 2.82. The zero-order valence-corrected chi connectivity index (χ0v) is 18.7. The summed E-state index contributed by atoms with van der Waals surface area (Å²) in [6.07, 6.45) is 5.18. The number of hydrogen-bond acceptors (Lipinski definition) is 5. The van der Waals surface area contributed by atoms with E-state index in [9.17, 15) is 4.79 Å². The third-order valence-electron chi connectivity index (χ3n) is 5.46. The molecule has 0 unspecified atom stereocenters. The summed E-state index contributed by atoms with van der Waals surface area (Å²) in [4.78, 5) is 28.9. The Hall–Kier alpha value is -3.80. The summed E-state index contributed by atoms with van der Waals surface area (Å²) in [6, 6.07) is 15.5. The van der Waals surface area contributed by atoms with E-state index in [-0.39, 0.29) is 11.8 Å². The van der Waals surface area contributed by atoms with Crippen LogP contribution in [0.15, 0.2) is 67.1 Å². The number of para-hydroxylation sites is 1. The molecule has 0 aliphatic rings. The standard InChI is InChI=1S/C26H26N4O2/c1-17(2)25-28-15-22(18(3)29-25)26(31)30(16-20-8-5-6-11-24(20)32-4)23-10-7-9-19-14-27-13-12-21(19)23/h5-15,17H,16H2,1-4H3. The van der Waals surface area contributed by atoms with Crippen molar-refractivity contribution in [3.8, 4) is 5.75 Å². The van der Waals surface area contributed by atoms with Crippen molar-refractivity contribution < 1.29 is 9.53 Å². The molecule has 0 saturated carbocycles. The summed E-state index contributed by atoms with van der Waals surface area (Å²) >= 11 is 0. The van der Waals surface area contributed by atoms with E-state index in [1.165, 1.54) is 0 Å². The summed E-state index contributed by atoms with van der Waals surface area (Å²) < 4.78 is 5.55. The Balaban J connectivity index is 1.85. The summed E-state index contributed by atoms with van der Waals surface area (Å²) in [7, 11) is 1.64. The molecular formula is C26H26N4O2. The monoisotopic (exact) mass is 426 g/mol. The lowest BCUT2D eigenvalue weighted by molar-refractivity contribution is 0.0983. The predicted octanol–water partition coefficient (Wildman–Crippen LogP) is 5.31. The molecule has 0 radical (unpaired) electrons. The first-order valence-electron chi connectivity index (χ1n) is 10.6. The lowest BCUT2D eigenvalue weighted by Crippen LogP contribution is -2.32. The number of pyridine rings is 1. The molecule has 2 aromatic carbocycles. The van der Waals surface area contributed by atoms with Crippen LogP contribution in [0.1, 0.15) is 47.2 Å². The predicted molar refractivity (Wildman–Crippen MR) is 126 cm³/mol. The topological polar surface area (TPSA) is 68.2 Å². The van der Waals surface area contributed by atoms with Gasteiger partial charge in [-0.2, -0.15) is 0 Å². The molecule has 0 bridgehead atoms. The smallest absolute Gasteiger partial charge is 0.262 e. The minimum absolute atomic E-state index is 0.159. The summed E-state index contributed by atoms with van der Waals surface area (Å²) in [5.74, 6) is 1.49. The number of nitrogens with zero attached hydrogens (tertiary/aromatic N) is 4. The number of anilines is 1. The van der Waals surface area contributed by atoms with Gasteiger partial charge >= 0.3 is 0 Å². The first kappa shape index (κ1) is 21.4. The number of aryl methyl sites for hydroxylation is 1. The number of ether oxygens (including phenoxy) is 1. The highest BCUT2D eigenvalue weighted by molar-refractivity contribution is 6.11. The second-order valence-electron chi connectivity index (χ2n) is 7.96. The summed E-state index contributed by atoms with van der Waals surface area (Å²) in [5, 5.41) is 1.91. The van der Waals surface area contributed by atoms with Crippen molar-refractivity contribution in [3.05, 3.63) is 89.8 Å². The van der Waals surface area contributed by atoms with E-state index < -0.39 is 0 Å². The number of aromatic nitrogens is 3. The maximum absolute atomic E-state index is 13.9. The van der Waals surface area contributed by atoms with Crippen molar-refractivity contribution in [1.82, 2.24) is 15.0 Å². The highest BCUT2D eigenvalue weighted by Gasteiger charge is 2.24. The molecule has 0 atom stereocenters. The van der Waals surface area contributed by atoms with Crippen LogP contribution in [0.5, 0.6) is 5.75 Å². The molecular weight excluding hydrogens is 400 g/mol. The molecule has 2 aromatic heterocycles. The molecule has 4 aromatic rings. The van der Waals surface area contributed by atoms with Crippen molar-refractivity contribution in [2.45, 2.75) is 33.2 Å². The van der Waals surface area contributed by atoms with Crippen LogP contribution in [0.4, 0.5) is 5.69 Å². The molecule has 2 heterocycles. The van der Waals surface area contributed by atoms with Gasteiger partial charge in [0.05, 0.1) is 30.6 Å². The second-order valence-corrected chi connectivity index (χ2v) is 7.96. The van der Waals surface area contributed by atoms with Crippen molar-refractivity contribution in [2.24, 2.45) is 0 Å². The van der Waals surface area contributed by atoms with E-state index in [0.29, 0.717) is 17.8 Å². The van der Waals surface area contributed by atoms with Crippen molar-refractivity contribution in [2.75, 3.05) is 12.0 Å². The Labute approximate surface area is 187 Å². The Morgan fingerprint density at radius 3 is 2.62 bits per heavy atom. The molecule has 0 aliphatic heterocycles. The molecule has 0 spiro atoms. The molecule has 1 amide bonds. The Morgan fingerprint density at radius 2 is 1.88 bits per heavy atom. The van der Waals surface area contributed by atoms with Gasteiger partial charge in [0, 0.05) is 40.8 Å². The number of carbonyl (C=O) groups is 1. The van der Waals surface area contributed by atoms with Crippen LogP contribution in [-0.2, 0) is 6.54 Å². The second kappa shape index (κ2) is 9.14. The molecule has 0 saturated heterocycles. The minimum atomic E-state index is -0.159. The fourth-order valence-corrected chi connectivity index (χ4v) is 3.73. The molecule has 0 fully saturated rings. The van der Waals surface area contributed by atoms with Gasteiger partial charge < -0.3 is 9.64 Å². The number of hydrogen-bond donors (Lipinski definition) is 0. The van der Waals surface area contributed by atoms with Gasteiger partial charge in [0.1, 0.15) is 11.6 Å². The van der Waals surface area contributed by atoms with E-state index in [1.54, 1.807) is 30.6 Å². The molecule has 6 nitrogen and oxygen atoms in total. The van der Waals surface area contributed by atoms with Gasteiger partial charge in [0.15, 0.2) is 0 Å². The largest absolute Gasteiger partial charge is 0.496 e. The Bertz CT molecular complexity index is 1260. The maximum Gasteiger partial charge on any atom is 0.262 e. The normalized spacial score (nSPS) is 11.0. The van der Waals surface area contributed by atoms with Gasteiger partial charge in [-0.05, 0) is 25.1 Å². The van der Waals surface area contributed by atoms with Crippen LogP contribution in [0.3, 0.4) is 0 Å². The highest BCUT2D eigenvalue weighted by Crippen LogP contribution is 2.31. The molecule has 0 aliphatic carbocycles. The van der Waals surface area contributed by atoms with Crippen LogP contribution < -0.4 is 9.64 Å². The van der Waals surface area contributed by atoms with E-state index >= 15 is 0 Å². The van der Waals surface area contributed by atoms with Crippen LogP contribution in [0, 0.1) is 6.92 Å². The van der Waals surface area contributed by atoms with Gasteiger partial charge in [-0.15, -0.1) is 0 Å². The van der Waals surface area contributed by atoms with Crippen LogP contribution in [0.2, 0.25) is 0 Å². The number of benzene rings is 2. The zero-order valence-electron chi connectivity index (χ0n) is 18.7. The number of fused-ring (bicyclic) bond motifs is 1. The molecule has 0 N–H and O–H groups in total.